The van der Waals surface area contributed by atoms with Crippen molar-refractivity contribution in [2.24, 2.45) is 5.92 Å². The molecule has 0 aliphatic carbocycles. The summed E-state index contributed by atoms with van der Waals surface area (Å²) in [7, 11) is 0. The fourth-order valence-electron chi connectivity index (χ4n) is 1.74. The average Bonchev–Trinajstić information content (AvgIpc) is 2.31. The predicted molar refractivity (Wildman–Crippen MR) is 63.8 cm³/mol. The summed E-state index contributed by atoms with van der Waals surface area (Å²) >= 11 is 0. The van der Waals surface area contributed by atoms with Crippen molar-refractivity contribution in [3.63, 3.8) is 0 Å². The van der Waals surface area contributed by atoms with Crippen LogP contribution in [0.5, 0.6) is 0 Å². The first-order chi connectivity index (χ1) is 7.36. The summed E-state index contributed by atoms with van der Waals surface area (Å²) in [5.41, 5.74) is 1.33. The minimum absolute atomic E-state index is 0.255. The van der Waals surface area contributed by atoms with Crippen LogP contribution in [0.25, 0.3) is 0 Å². The molecule has 15 heavy (non-hydrogen) atoms. The molecule has 1 aromatic carbocycles. The lowest BCUT2D eigenvalue weighted by Gasteiger charge is -2.08. The second-order valence-corrected chi connectivity index (χ2v) is 4.06. The SMILES string of the molecule is CCCCC(C=O)CCc1ccccc1. The summed E-state index contributed by atoms with van der Waals surface area (Å²) in [4.78, 5) is 10.8. The Balaban J connectivity index is 2.31. The van der Waals surface area contributed by atoms with Crippen LogP contribution in [-0.2, 0) is 11.2 Å². The first-order valence-corrected chi connectivity index (χ1v) is 5.86. The van der Waals surface area contributed by atoms with E-state index in [2.05, 4.69) is 31.2 Å². The van der Waals surface area contributed by atoms with Gasteiger partial charge in [-0.15, -0.1) is 0 Å². The third-order valence-electron chi connectivity index (χ3n) is 2.77. The van der Waals surface area contributed by atoms with Crippen LogP contribution in [0.1, 0.15) is 38.2 Å². The molecule has 82 valence electrons. The Hall–Kier alpha value is -1.11. The minimum atomic E-state index is 0.255. The van der Waals surface area contributed by atoms with Crippen LogP contribution in [0.3, 0.4) is 0 Å². The van der Waals surface area contributed by atoms with Gasteiger partial charge in [0, 0.05) is 5.92 Å². The quantitative estimate of drug-likeness (QED) is 0.620. The summed E-state index contributed by atoms with van der Waals surface area (Å²) in [6, 6.07) is 10.4. The summed E-state index contributed by atoms with van der Waals surface area (Å²) in [6.07, 6.45) is 6.53. The molecular formula is C14H20O. The van der Waals surface area contributed by atoms with Gasteiger partial charge in [-0.25, -0.2) is 0 Å². The molecule has 1 unspecified atom stereocenters. The zero-order valence-corrected chi connectivity index (χ0v) is 9.49. The van der Waals surface area contributed by atoms with Crippen molar-refractivity contribution < 1.29 is 4.79 Å². The molecule has 1 aromatic rings. The van der Waals surface area contributed by atoms with Crippen molar-refractivity contribution in [3.8, 4) is 0 Å². The zero-order chi connectivity index (χ0) is 10.9. The van der Waals surface area contributed by atoms with E-state index in [-0.39, 0.29) is 5.92 Å². The van der Waals surface area contributed by atoms with E-state index >= 15 is 0 Å². The summed E-state index contributed by atoms with van der Waals surface area (Å²) < 4.78 is 0. The summed E-state index contributed by atoms with van der Waals surface area (Å²) in [6.45, 7) is 2.17. The second-order valence-electron chi connectivity index (χ2n) is 4.06. The molecule has 0 heterocycles. The summed E-state index contributed by atoms with van der Waals surface area (Å²) in [5.74, 6) is 0.255. The molecule has 0 fully saturated rings. The molecule has 0 aliphatic rings. The number of unbranched alkanes of at least 4 members (excludes halogenated alkanes) is 1. The number of carbonyl (C=O) groups excluding carboxylic acids is 1. The van der Waals surface area contributed by atoms with Gasteiger partial charge in [0.15, 0.2) is 0 Å². The molecule has 0 saturated carbocycles. The van der Waals surface area contributed by atoms with Crippen molar-refractivity contribution in [1.29, 1.82) is 0 Å². The van der Waals surface area contributed by atoms with Gasteiger partial charge in [0.25, 0.3) is 0 Å². The van der Waals surface area contributed by atoms with Crippen LogP contribution in [0, 0.1) is 5.92 Å². The van der Waals surface area contributed by atoms with Crippen LogP contribution in [0.2, 0.25) is 0 Å². The summed E-state index contributed by atoms with van der Waals surface area (Å²) in [5, 5.41) is 0. The Morgan fingerprint density at radius 2 is 1.93 bits per heavy atom. The molecule has 1 nitrogen and oxygen atoms in total. The van der Waals surface area contributed by atoms with Gasteiger partial charge in [-0.05, 0) is 24.8 Å². The predicted octanol–water partition coefficient (Wildman–Crippen LogP) is 3.62. The van der Waals surface area contributed by atoms with Crippen LogP contribution >= 0.6 is 0 Å². The maximum absolute atomic E-state index is 10.8. The first-order valence-electron chi connectivity index (χ1n) is 5.86. The monoisotopic (exact) mass is 204 g/mol. The van der Waals surface area contributed by atoms with E-state index in [4.69, 9.17) is 0 Å². The smallest absolute Gasteiger partial charge is 0.123 e. The van der Waals surface area contributed by atoms with E-state index in [0.29, 0.717) is 0 Å². The van der Waals surface area contributed by atoms with Crippen LogP contribution in [0.4, 0.5) is 0 Å². The number of aldehydes is 1. The van der Waals surface area contributed by atoms with Crippen molar-refractivity contribution in [1.82, 2.24) is 0 Å². The Morgan fingerprint density at radius 3 is 2.53 bits per heavy atom. The second kappa shape index (κ2) is 7.22. The molecule has 0 N–H and O–H groups in total. The highest BCUT2D eigenvalue weighted by Gasteiger charge is 2.06. The highest BCUT2D eigenvalue weighted by Crippen LogP contribution is 2.14. The Bertz CT molecular complexity index is 266. The van der Waals surface area contributed by atoms with E-state index < -0.39 is 0 Å². The number of hydrogen-bond donors (Lipinski definition) is 0. The molecule has 0 aliphatic heterocycles. The van der Waals surface area contributed by atoms with Crippen molar-refractivity contribution in [3.05, 3.63) is 35.9 Å². The normalized spacial score (nSPS) is 12.3. The molecule has 0 aromatic heterocycles. The molecule has 0 radical (unpaired) electrons. The van der Waals surface area contributed by atoms with Crippen molar-refractivity contribution in [2.75, 3.05) is 0 Å². The number of aryl methyl sites for hydroxylation is 1. The zero-order valence-electron chi connectivity index (χ0n) is 9.49. The number of benzene rings is 1. The number of rotatable bonds is 7. The van der Waals surface area contributed by atoms with Crippen LogP contribution < -0.4 is 0 Å². The maximum atomic E-state index is 10.8. The Kier molecular flexibility index (Phi) is 5.76. The lowest BCUT2D eigenvalue weighted by molar-refractivity contribution is -0.111. The molecule has 0 bridgehead atoms. The lowest BCUT2D eigenvalue weighted by atomic mass is 9.96. The Labute approximate surface area is 92.5 Å². The molecular weight excluding hydrogens is 184 g/mol. The molecule has 0 spiro atoms. The molecule has 1 heteroatoms. The van der Waals surface area contributed by atoms with E-state index in [1.807, 2.05) is 6.07 Å². The molecule has 0 amide bonds. The number of carbonyl (C=O) groups is 1. The highest BCUT2D eigenvalue weighted by molar-refractivity contribution is 5.53. The van der Waals surface area contributed by atoms with Crippen LogP contribution in [0.15, 0.2) is 30.3 Å². The van der Waals surface area contributed by atoms with E-state index in [1.54, 1.807) is 0 Å². The van der Waals surface area contributed by atoms with Gasteiger partial charge in [-0.3, -0.25) is 0 Å². The molecule has 0 saturated heterocycles. The standard InChI is InChI=1S/C14H20O/c1-2-3-7-14(12-15)11-10-13-8-5-4-6-9-13/h4-6,8-9,12,14H,2-3,7,10-11H2,1H3. The van der Waals surface area contributed by atoms with Gasteiger partial charge in [0.2, 0.25) is 0 Å². The number of hydrogen-bond acceptors (Lipinski definition) is 1. The van der Waals surface area contributed by atoms with Gasteiger partial charge in [0.1, 0.15) is 6.29 Å². The van der Waals surface area contributed by atoms with Gasteiger partial charge < -0.3 is 4.79 Å². The maximum Gasteiger partial charge on any atom is 0.123 e. The van der Waals surface area contributed by atoms with Crippen molar-refractivity contribution in [2.45, 2.75) is 39.0 Å². The molecule has 1 rings (SSSR count). The minimum Gasteiger partial charge on any atom is -0.303 e. The highest BCUT2D eigenvalue weighted by atomic mass is 16.1. The fraction of sp³-hybridized carbons (Fsp3) is 0.500. The van der Waals surface area contributed by atoms with E-state index in [1.165, 1.54) is 12.0 Å². The van der Waals surface area contributed by atoms with Gasteiger partial charge in [-0.1, -0.05) is 50.1 Å². The fourth-order valence-corrected chi connectivity index (χ4v) is 1.74. The first kappa shape index (κ1) is 12.0. The van der Waals surface area contributed by atoms with E-state index in [9.17, 15) is 4.79 Å². The van der Waals surface area contributed by atoms with Gasteiger partial charge in [0.05, 0.1) is 0 Å². The topological polar surface area (TPSA) is 17.1 Å². The Morgan fingerprint density at radius 1 is 1.20 bits per heavy atom. The van der Waals surface area contributed by atoms with Gasteiger partial charge in [-0.2, -0.15) is 0 Å². The lowest BCUT2D eigenvalue weighted by Crippen LogP contribution is -2.03. The van der Waals surface area contributed by atoms with E-state index in [0.717, 1.165) is 32.0 Å². The third-order valence-corrected chi connectivity index (χ3v) is 2.77. The van der Waals surface area contributed by atoms with Gasteiger partial charge >= 0.3 is 0 Å². The third kappa shape index (κ3) is 4.78. The largest absolute Gasteiger partial charge is 0.303 e. The van der Waals surface area contributed by atoms with Crippen molar-refractivity contribution >= 4 is 6.29 Å². The molecule has 1 atom stereocenters. The average molecular weight is 204 g/mol. The van der Waals surface area contributed by atoms with Crippen LogP contribution in [-0.4, -0.2) is 6.29 Å².